The van der Waals surface area contributed by atoms with Gasteiger partial charge in [0.1, 0.15) is 0 Å². The molecule has 1 saturated heterocycles. The minimum atomic E-state index is 0.0299. The summed E-state index contributed by atoms with van der Waals surface area (Å²) in [4.78, 5) is 18.1. The fraction of sp³-hybridized carbons (Fsp3) is 0.294. The van der Waals surface area contributed by atoms with Crippen molar-refractivity contribution < 1.29 is 9.53 Å². The summed E-state index contributed by atoms with van der Waals surface area (Å²) in [5, 5.41) is 5.08. The second-order valence-corrected chi connectivity index (χ2v) is 6.51. The van der Waals surface area contributed by atoms with E-state index < -0.39 is 0 Å². The minimum Gasteiger partial charge on any atom is -0.381 e. The van der Waals surface area contributed by atoms with Crippen molar-refractivity contribution in [1.29, 1.82) is 0 Å². The number of fused-ring (bicyclic) bond motifs is 1. The summed E-state index contributed by atoms with van der Waals surface area (Å²) in [5.74, 6) is 0.101. The predicted octanol–water partition coefficient (Wildman–Crippen LogP) is 3.43. The monoisotopic (exact) mass is 327 g/mol. The fourth-order valence-electron chi connectivity index (χ4n) is 2.87. The number of thiazole rings is 1. The predicted molar refractivity (Wildman–Crippen MR) is 90.7 cm³/mol. The van der Waals surface area contributed by atoms with Crippen LogP contribution in [0.25, 0.3) is 16.2 Å². The molecule has 0 radical (unpaired) electrons. The van der Waals surface area contributed by atoms with E-state index in [1.54, 1.807) is 11.3 Å². The number of hydrogen-bond acceptors (Lipinski definition) is 4. The molecule has 0 spiro atoms. The number of benzene rings is 1. The summed E-state index contributed by atoms with van der Waals surface area (Å²) in [7, 11) is 0. The molecule has 2 aromatic heterocycles. The first-order valence-corrected chi connectivity index (χ1v) is 8.59. The van der Waals surface area contributed by atoms with E-state index in [2.05, 4.69) is 10.3 Å². The molecule has 1 N–H and O–H groups in total. The maximum absolute atomic E-state index is 12.5. The SMILES string of the molecule is O=C(Nc1ccccc1-c1cn2ccsc2n1)C1CCOCC1. The van der Waals surface area contributed by atoms with Crippen molar-refractivity contribution >= 4 is 27.9 Å². The Kier molecular flexibility index (Phi) is 3.85. The van der Waals surface area contributed by atoms with E-state index in [1.165, 1.54) is 0 Å². The zero-order valence-electron chi connectivity index (χ0n) is 12.6. The second kappa shape index (κ2) is 6.14. The van der Waals surface area contributed by atoms with Gasteiger partial charge in [-0.05, 0) is 18.9 Å². The molecule has 0 unspecified atom stereocenters. The number of anilines is 1. The van der Waals surface area contributed by atoms with Crippen LogP contribution in [0.4, 0.5) is 5.69 Å². The maximum atomic E-state index is 12.5. The summed E-state index contributed by atoms with van der Waals surface area (Å²) >= 11 is 1.60. The molecular formula is C17H17N3O2S. The van der Waals surface area contributed by atoms with Gasteiger partial charge in [-0.3, -0.25) is 9.20 Å². The lowest BCUT2D eigenvalue weighted by Gasteiger charge is -2.21. The third-order valence-electron chi connectivity index (χ3n) is 4.15. The van der Waals surface area contributed by atoms with E-state index in [0.29, 0.717) is 13.2 Å². The third-order valence-corrected chi connectivity index (χ3v) is 4.92. The van der Waals surface area contributed by atoms with Gasteiger partial charge in [0, 0.05) is 42.5 Å². The van der Waals surface area contributed by atoms with E-state index in [-0.39, 0.29) is 11.8 Å². The lowest BCUT2D eigenvalue weighted by atomic mass is 9.99. The molecular weight excluding hydrogens is 310 g/mol. The average molecular weight is 327 g/mol. The maximum Gasteiger partial charge on any atom is 0.227 e. The number of carbonyl (C=O) groups is 1. The summed E-state index contributed by atoms with van der Waals surface area (Å²) in [6.07, 6.45) is 5.55. The van der Waals surface area contributed by atoms with Crippen molar-refractivity contribution in [3.05, 3.63) is 42.0 Å². The van der Waals surface area contributed by atoms with Gasteiger partial charge in [-0.25, -0.2) is 4.98 Å². The molecule has 1 aliphatic heterocycles. The fourth-order valence-corrected chi connectivity index (χ4v) is 3.57. The number of rotatable bonds is 3. The first-order valence-electron chi connectivity index (χ1n) is 7.71. The Bertz CT molecular complexity index is 805. The smallest absolute Gasteiger partial charge is 0.227 e. The van der Waals surface area contributed by atoms with Crippen molar-refractivity contribution in [2.45, 2.75) is 12.8 Å². The quantitative estimate of drug-likeness (QED) is 0.802. The van der Waals surface area contributed by atoms with Gasteiger partial charge >= 0.3 is 0 Å². The van der Waals surface area contributed by atoms with E-state index in [4.69, 9.17) is 4.74 Å². The summed E-state index contributed by atoms with van der Waals surface area (Å²) in [6, 6.07) is 7.82. The number of nitrogens with zero attached hydrogens (tertiary/aromatic N) is 2. The number of carbonyl (C=O) groups excluding carboxylic acids is 1. The van der Waals surface area contributed by atoms with Crippen LogP contribution in [-0.4, -0.2) is 28.5 Å². The molecule has 0 bridgehead atoms. The minimum absolute atomic E-state index is 0.0299. The summed E-state index contributed by atoms with van der Waals surface area (Å²) < 4.78 is 7.32. The number of aromatic nitrogens is 2. The molecule has 5 nitrogen and oxygen atoms in total. The van der Waals surface area contributed by atoms with Crippen molar-refractivity contribution in [1.82, 2.24) is 9.38 Å². The van der Waals surface area contributed by atoms with Crippen LogP contribution in [0.2, 0.25) is 0 Å². The van der Waals surface area contributed by atoms with Crippen LogP contribution >= 0.6 is 11.3 Å². The van der Waals surface area contributed by atoms with Gasteiger partial charge in [0.05, 0.1) is 11.4 Å². The molecule has 0 aliphatic carbocycles. The van der Waals surface area contributed by atoms with Crippen molar-refractivity contribution in [3.63, 3.8) is 0 Å². The summed E-state index contributed by atoms with van der Waals surface area (Å²) in [6.45, 7) is 1.33. The molecule has 6 heteroatoms. The number of hydrogen-bond donors (Lipinski definition) is 1. The van der Waals surface area contributed by atoms with Crippen LogP contribution in [0.15, 0.2) is 42.0 Å². The first kappa shape index (κ1) is 14.4. The molecule has 118 valence electrons. The van der Waals surface area contributed by atoms with Crippen LogP contribution < -0.4 is 5.32 Å². The highest BCUT2D eigenvalue weighted by atomic mass is 32.1. The van der Waals surface area contributed by atoms with Crippen molar-refractivity contribution in [2.75, 3.05) is 18.5 Å². The van der Waals surface area contributed by atoms with E-state index in [0.717, 1.165) is 34.7 Å². The zero-order chi connectivity index (χ0) is 15.6. The molecule has 1 fully saturated rings. The molecule has 1 amide bonds. The lowest BCUT2D eigenvalue weighted by molar-refractivity contribution is -0.122. The van der Waals surface area contributed by atoms with Crippen molar-refractivity contribution in [3.8, 4) is 11.3 Å². The lowest BCUT2D eigenvalue weighted by Crippen LogP contribution is -2.28. The Morgan fingerprint density at radius 2 is 2.13 bits per heavy atom. The van der Waals surface area contributed by atoms with Gasteiger partial charge in [0.25, 0.3) is 0 Å². The molecule has 4 rings (SSSR count). The molecule has 1 aliphatic rings. The van der Waals surface area contributed by atoms with E-state index in [1.807, 2.05) is 46.4 Å². The number of ether oxygens (including phenoxy) is 1. The van der Waals surface area contributed by atoms with Crippen molar-refractivity contribution in [2.24, 2.45) is 5.92 Å². The van der Waals surface area contributed by atoms with Crippen LogP contribution in [0, 0.1) is 5.92 Å². The number of para-hydroxylation sites is 1. The van der Waals surface area contributed by atoms with E-state index in [9.17, 15) is 4.79 Å². The molecule has 23 heavy (non-hydrogen) atoms. The number of imidazole rings is 1. The Labute approximate surface area is 137 Å². The normalized spacial score (nSPS) is 15.8. The summed E-state index contributed by atoms with van der Waals surface area (Å²) in [5.41, 5.74) is 2.64. The molecule has 3 heterocycles. The van der Waals surface area contributed by atoms with Gasteiger partial charge < -0.3 is 10.1 Å². The van der Waals surface area contributed by atoms with Gasteiger partial charge in [0.2, 0.25) is 5.91 Å². The van der Waals surface area contributed by atoms with E-state index >= 15 is 0 Å². The Balaban J connectivity index is 1.61. The Hall–Kier alpha value is -2.18. The molecule has 3 aromatic rings. The second-order valence-electron chi connectivity index (χ2n) is 5.64. The Morgan fingerprint density at radius 3 is 2.96 bits per heavy atom. The molecule has 0 atom stereocenters. The highest BCUT2D eigenvalue weighted by molar-refractivity contribution is 7.15. The van der Waals surface area contributed by atoms with Crippen LogP contribution in [0.5, 0.6) is 0 Å². The van der Waals surface area contributed by atoms with Crippen LogP contribution in [0.1, 0.15) is 12.8 Å². The largest absolute Gasteiger partial charge is 0.381 e. The van der Waals surface area contributed by atoms with Crippen LogP contribution in [0.3, 0.4) is 0 Å². The Morgan fingerprint density at radius 1 is 1.30 bits per heavy atom. The van der Waals surface area contributed by atoms with Gasteiger partial charge in [-0.15, -0.1) is 11.3 Å². The highest BCUT2D eigenvalue weighted by Crippen LogP contribution is 2.29. The van der Waals surface area contributed by atoms with Gasteiger partial charge in [-0.1, -0.05) is 18.2 Å². The topological polar surface area (TPSA) is 55.6 Å². The molecule has 1 aromatic carbocycles. The third kappa shape index (κ3) is 2.87. The standard InChI is InChI=1S/C17H17N3O2S/c21-16(12-5-8-22-9-6-12)18-14-4-2-1-3-13(14)15-11-20-7-10-23-17(20)19-15/h1-4,7,10-12H,5-6,8-9H2,(H,18,21). The average Bonchev–Trinajstić information content (AvgIpc) is 3.18. The first-order chi connectivity index (χ1) is 11.3. The van der Waals surface area contributed by atoms with Gasteiger partial charge in [0.15, 0.2) is 4.96 Å². The zero-order valence-corrected chi connectivity index (χ0v) is 13.4. The number of nitrogens with one attached hydrogen (secondary N) is 1. The van der Waals surface area contributed by atoms with Gasteiger partial charge in [-0.2, -0.15) is 0 Å². The van der Waals surface area contributed by atoms with Crippen LogP contribution in [-0.2, 0) is 9.53 Å². The highest BCUT2D eigenvalue weighted by Gasteiger charge is 2.22. The molecule has 0 saturated carbocycles. The number of amides is 1.